The molecule has 0 atom stereocenters. The number of piperidine rings is 1. The van der Waals surface area contributed by atoms with Gasteiger partial charge in [-0.1, -0.05) is 0 Å². The highest BCUT2D eigenvalue weighted by Crippen LogP contribution is 2.17. The van der Waals surface area contributed by atoms with Crippen LogP contribution in [0.15, 0.2) is 6.07 Å². The van der Waals surface area contributed by atoms with E-state index in [1.165, 1.54) is 32.4 Å². The predicted octanol–water partition coefficient (Wildman–Crippen LogP) is 1.92. The largest absolute Gasteiger partial charge is 0.344 e. The first kappa shape index (κ1) is 13.3. The molecule has 0 unspecified atom stereocenters. The van der Waals surface area contributed by atoms with Crippen molar-refractivity contribution in [3.05, 3.63) is 17.5 Å². The van der Waals surface area contributed by atoms with E-state index < -0.39 is 0 Å². The van der Waals surface area contributed by atoms with E-state index in [-0.39, 0.29) is 0 Å². The van der Waals surface area contributed by atoms with Gasteiger partial charge in [-0.3, -0.25) is 0 Å². The number of anilines is 1. The molecule has 0 spiro atoms. The van der Waals surface area contributed by atoms with Gasteiger partial charge in [0.25, 0.3) is 0 Å². The minimum absolute atomic E-state index is 0.861. The third kappa shape index (κ3) is 3.67. The maximum Gasteiger partial charge on any atom is 0.225 e. The van der Waals surface area contributed by atoms with Crippen molar-refractivity contribution in [1.29, 1.82) is 0 Å². The van der Waals surface area contributed by atoms with Gasteiger partial charge in [-0.25, -0.2) is 9.97 Å². The summed E-state index contributed by atoms with van der Waals surface area (Å²) in [6, 6.07) is 2.02. The summed E-state index contributed by atoms with van der Waals surface area (Å²) in [6.07, 6.45) is 3.86. The normalized spacial score (nSPS) is 16.8. The molecule has 1 aliphatic heterocycles. The van der Waals surface area contributed by atoms with Gasteiger partial charge < -0.3 is 10.2 Å². The summed E-state index contributed by atoms with van der Waals surface area (Å²) in [4.78, 5) is 11.2. The molecule has 1 N–H and O–H groups in total. The molecule has 0 amide bonds. The lowest BCUT2D eigenvalue weighted by atomic mass is 9.94. The number of hydrogen-bond donors (Lipinski definition) is 1. The molecular weight excluding hydrogens is 224 g/mol. The molecule has 2 rings (SSSR count). The van der Waals surface area contributed by atoms with E-state index in [2.05, 4.69) is 27.2 Å². The van der Waals surface area contributed by atoms with Crippen molar-refractivity contribution < 1.29 is 0 Å². The highest BCUT2D eigenvalue weighted by molar-refractivity contribution is 5.30. The molecule has 0 aromatic carbocycles. The van der Waals surface area contributed by atoms with Gasteiger partial charge in [0.15, 0.2) is 0 Å². The van der Waals surface area contributed by atoms with Crippen molar-refractivity contribution in [2.45, 2.75) is 33.1 Å². The molecule has 18 heavy (non-hydrogen) atoms. The van der Waals surface area contributed by atoms with Gasteiger partial charge in [0.1, 0.15) is 0 Å². The molecule has 0 bridgehead atoms. The number of aromatic nitrogens is 2. The molecule has 0 aliphatic carbocycles. The molecule has 0 radical (unpaired) electrons. The number of nitrogens with zero attached hydrogens (tertiary/aromatic N) is 3. The molecule has 1 aliphatic rings. The highest BCUT2D eigenvalue weighted by atomic mass is 15.2. The second kappa shape index (κ2) is 6.14. The van der Waals surface area contributed by atoms with E-state index in [1.807, 2.05) is 19.9 Å². The van der Waals surface area contributed by atoms with Crippen molar-refractivity contribution >= 4 is 5.95 Å². The fourth-order valence-corrected chi connectivity index (χ4v) is 2.52. The fourth-order valence-electron chi connectivity index (χ4n) is 2.52. The Morgan fingerprint density at radius 1 is 1.22 bits per heavy atom. The zero-order valence-electron chi connectivity index (χ0n) is 11.7. The number of hydrogen-bond acceptors (Lipinski definition) is 4. The molecule has 1 saturated heterocycles. The van der Waals surface area contributed by atoms with E-state index >= 15 is 0 Å². The van der Waals surface area contributed by atoms with Crippen LogP contribution in [0.2, 0.25) is 0 Å². The smallest absolute Gasteiger partial charge is 0.225 e. The third-order valence-corrected chi connectivity index (χ3v) is 3.64. The minimum Gasteiger partial charge on any atom is -0.344 e. The Hall–Kier alpha value is -1.16. The van der Waals surface area contributed by atoms with E-state index in [0.29, 0.717) is 0 Å². The van der Waals surface area contributed by atoms with Gasteiger partial charge in [-0.15, -0.1) is 0 Å². The SMILES string of the molecule is Cc1cc(C)nc(N(C)CCC2CCNCC2)n1. The van der Waals surface area contributed by atoms with E-state index in [1.54, 1.807) is 0 Å². The van der Waals surface area contributed by atoms with Gasteiger partial charge >= 0.3 is 0 Å². The molecule has 100 valence electrons. The lowest BCUT2D eigenvalue weighted by Crippen LogP contribution is -2.30. The Kier molecular flexibility index (Phi) is 4.53. The molecule has 4 heteroatoms. The minimum atomic E-state index is 0.861. The second-order valence-electron chi connectivity index (χ2n) is 5.35. The Morgan fingerprint density at radius 3 is 2.44 bits per heavy atom. The maximum absolute atomic E-state index is 4.50. The van der Waals surface area contributed by atoms with Crippen LogP contribution in [0, 0.1) is 19.8 Å². The quantitative estimate of drug-likeness (QED) is 0.884. The summed E-state index contributed by atoms with van der Waals surface area (Å²) >= 11 is 0. The lowest BCUT2D eigenvalue weighted by Gasteiger charge is -2.25. The lowest BCUT2D eigenvalue weighted by molar-refractivity contribution is 0.356. The van der Waals surface area contributed by atoms with Gasteiger partial charge in [0.2, 0.25) is 5.95 Å². The number of aryl methyl sites for hydroxylation is 2. The average Bonchev–Trinajstić information content (AvgIpc) is 2.36. The van der Waals surface area contributed by atoms with Crippen LogP contribution in [0.5, 0.6) is 0 Å². The van der Waals surface area contributed by atoms with Crippen LogP contribution >= 0.6 is 0 Å². The summed E-state index contributed by atoms with van der Waals surface area (Å²) in [5.74, 6) is 1.72. The van der Waals surface area contributed by atoms with Crippen LogP contribution in [0.25, 0.3) is 0 Å². The Morgan fingerprint density at radius 2 is 1.83 bits per heavy atom. The first-order valence-corrected chi connectivity index (χ1v) is 6.89. The van der Waals surface area contributed by atoms with Crippen LogP contribution < -0.4 is 10.2 Å². The van der Waals surface area contributed by atoms with Gasteiger partial charge in [-0.2, -0.15) is 0 Å². The Labute approximate surface area is 110 Å². The summed E-state index contributed by atoms with van der Waals surface area (Å²) in [5, 5.41) is 3.41. The number of rotatable bonds is 4. The summed E-state index contributed by atoms with van der Waals surface area (Å²) in [6.45, 7) is 7.45. The van der Waals surface area contributed by atoms with E-state index in [4.69, 9.17) is 0 Å². The second-order valence-corrected chi connectivity index (χ2v) is 5.35. The highest BCUT2D eigenvalue weighted by Gasteiger charge is 2.14. The van der Waals surface area contributed by atoms with Crippen molar-refractivity contribution in [3.63, 3.8) is 0 Å². The zero-order chi connectivity index (χ0) is 13.0. The molecule has 2 heterocycles. The summed E-state index contributed by atoms with van der Waals surface area (Å²) < 4.78 is 0. The zero-order valence-corrected chi connectivity index (χ0v) is 11.7. The van der Waals surface area contributed by atoms with Crippen LogP contribution in [-0.2, 0) is 0 Å². The van der Waals surface area contributed by atoms with Crippen molar-refractivity contribution in [2.24, 2.45) is 5.92 Å². The molecule has 1 fully saturated rings. The first-order valence-electron chi connectivity index (χ1n) is 6.89. The van der Waals surface area contributed by atoms with Gasteiger partial charge in [-0.05, 0) is 58.2 Å². The predicted molar refractivity (Wildman–Crippen MR) is 75.0 cm³/mol. The monoisotopic (exact) mass is 248 g/mol. The van der Waals surface area contributed by atoms with Crippen LogP contribution in [0.3, 0.4) is 0 Å². The van der Waals surface area contributed by atoms with E-state index in [0.717, 1.165) is 29.8 Å². The van der Waals surface area contributed by atoms with Crippen LogP contribution in [-0.4, -0.2) is 36.6 Å². The molecular formula is C14H24N4. The topological polar surface area (TPSA) is 41.1 Å². The maximum atomic E-state index is 4.50. The average molecular weight is 248 g/mol. The van der Waals surface area contributed by atoms with E-state index in [9.17, 15) is 0 Å². The van der Waals surface area contributed by atoms with Crippen LogP contribution in [0.1, 0.15) is 30.7 Å². The van der Waals surface area contributed by atoms with Crippen molar-refractivity contribution in [3.8, 4) is 0 Å². The summed E-state index contributed by atoms with van der Waals surface area (Å²) in [5.41, 5.74) is 2.09. The molecule has 1 aromatic rings. The molecule has 1 aromatic heterocycles. The third-order valence-electron chi connectivity index (χ3n) is 3.64. The molecule has 4 nitrogen and oxygen atoms in total. The Bertz CT molecular complexity index is 365. The van der Waals surface area contributed by atoms with Crippen LogP contribution in [0.4, 0.5) is 5.95 Å². The van der Waals surface area contributed by atoms with Gasteiger partial charge in [0, 0.05) is 25.0 Å². The first-order chi connectivity index (χ1) is 8.65. The fraction of sp³-hybridized carbons (Fsp3) is 0.714. The number of nitrogens with one attached hydrogen (secondary N) is 1. The van der Waals surface area contributed by atoms with Gasteiger partial charge in [0.05, 0.1) is 0 Å². The Balaban J connectivity index is 1.88. The summed E-state index contributed by atoms with van der Waals surface area (Å²) in [7, 11) is 2.09. The molecule has 0 saturated carbocycles. The van der Waals surface area contributed by atoms with Crippen molar-refractivity contribution in [2.75, 3.05) is 31.6 Å². The van der Waals surface area contributed by atoms with Crippen molar-refractivity contribution in [1.82, 2.24) is 15.3 Å². The standard InChI is InChI=1S/C14H24N4/c1-11-10-12(2)17-14(16-11)18(3)9-6-13-4-7-15-8-5-13/h10,13,15H,4-9H2,1-3H3.